The summed E-state index contributed by atoms with van der Waals surface area (Å²) in [6.45, 7) is 8.97. The highest BCUT2D eigenvalue weighted by Crippen LogP contribution is 2.29. The molecule has 1 aliphatic rings. The molecule has 2 unspecified atom stereocenters. The largest absolute Gasteiger partial charge is 0.396 e. The Labute approximate surface area is 135 Å². The summed E-state index contributed by atoms with van der Waals surface area (Å²) in [6.07, 6.45) is 5.03. The number of nitrogens with zero attached hydrogens (tertiary/aromatic N) is 1. The molecule has 0 saturated heterocycles. The predicted octanol–water partition coefficient (Wildman–Crippen LogP) is 3.74. The van der Waals surface area contributed by atoms with E-state index in [2.05, 4.69) is 48.3 Å². The summed E-state index contributed by atoms with van der Waals surface area (Å²) in [4.78, 5) is 2.43. The van der Waals surface area contributed by atoms with Crippen LogP contribution >= 0.6 is 0 Å². The van der Waals surface area contributed by atoms with E-state index in [1.807, 2.05) is 0 Å². The van der Waals surface area contributed by atoms with E-state index in [1.165, 1.54) is 36.9 Å². The van der Waals surface area contributed by atoms with Crippen LogP contribution in [-0.4, -0.2) is 36.2 Å². The molecule has 2 atom stereocenters. The molecule has 3 heteroatoms. The number of rotatable bonds is 8. The number of hydrogen-bond acceptors (Lipinski definition) is 3. The minimum atomic E-state index is 0.342. The Bertz CT molecular complexity index is 414. The molecule has 0 aromatic heterocycles. The van der Waals surface area contributed by atoms with Crippen LogP contribution in [0.15, 0.2) is 24.3 Å². The van der Waals surface area contributed by atoms with E-state index >= 15 is 0 Å². The number of anilines is 1. The summed E-state index contributed by atoms with van der Waals surface area (Å²) < 4.78 is 0. The van der Waals surface area contributed by atoms with Crippen molar-refractivity contribution >= 4 is 5.69 Å². The van der Waals surface area contributed by atoms with Crippen LogP contribution in [0.5, 0.6) is 0 Å². The maximum absolute atomic E-state index is 9.49. The van der Waals surface area contributed by atoms with Gasteiger partial charge in [0.15, 0.2) is 0 Å². The lowest BCUT2D eigenvalue weighted by molar-refractivity contribution is 0.141. The Kier molecular flexibility index (Phi) is 7.20. The van der Waals surface area contributed by atoms with Gasteiger partial charge in [-0.25, -0.2) is 0 Å². The Morgan fingerprint density at radius 1 is 1.05 bits per heavy atom. The lowest BCUT2D eigenvalue weighted by Crippen LogP contribution is -2.28. The third-order valence-electron chi connectivity index (χ3n) is 5.12. The molecule has 2 N–H and O–H groups in total. The molecule has 22 heavy (non-hydrogen) atoms. The SMILES string of the molecule is CCN(CC)Cc1ccc(NCC2CCCCC2CO)cc1. The van der Waals surface area contributed by atoms with Gasteiger partial charge in [-0.3, -0.25) is 4.90 Å². The van der Waals surface area contributed by atoms with Gasteiger partial charge in [-0.1, -0.05) is 38.8 Å². The first-order chi connectivity index (χ1) is 10.8. The maximum atomic E-state index is 9.49. The molecule has 1 fully saturated rings. The summed E-state index contributed by atoms with van der Waals surface area (Å²) in [6, 6.07) is 8.83. The van der Waals surface area contributed by atoms with E-state index in [9.17, 15) is 5.11 Å². The topological polar surface area (TPSA) is 35.5 Å². The third-order valence-corrected chi connectivity index (χ3v) is 5.12. The highest BCUT2D eigenvalue weighted by molar-refractivity contribution is 5.44. The molecule has 0 bridgehead atoms. The second-order valence-electron chi connectivity index (χ2n) is 6.53. The van der Waals surface area contributed by atoms with Crippen LogP contribution < -0.4 is 5.32 Å². The van der Waals surface area contributed by atoms with Crippen molar-refractivity contribution in [3.8, 4) is 0 Å². The Morgan fingerprint density at radius 3 is 2.27 bits per heavy atom. The van der Waals surface area contributed by atoms with Gasteiger partial charge in [-0.2, -0.15) is 0 Å². The van der Waals surface area contributed by atoms with Crippen molar-refractivity contribution in [3.63, 3.8) is 0 Å². The molecule has 2 rings (SSSR count). The first-order valence-corrected chi connectivity index (χ1v) is 8.92. The fourth-order valence-electron chi connectivity index (χ4n) is 3.48. The van der Waals surface area contributed by atoms with Gasteiger partial charge in [-0.05, 0) is 55.5 Å². The summed E-state index contributed by atoms with van der Waals surface area (Å²) in [5, 5.41) is 13.1. The summed E-state index contributed by atoms with van der Waals surface area (Å²) in [7, 11) is 0. The molecule has 1 aromatic carbocycles. The van der Waals surface area contributed by atoms with Crippen LogP contribution in [0, 0.1) is 11.8 Å². The second-order valence-corrected chi connectivity index (χ2v) is 6.53. The van der Waals surface area contributed by atoms with Crippen LogP contribution in [0.4, 0.5) is 5.69 Å². The number of benzene rings is 1. The minimum absolute atomic E-state index is 0.342. The minimum Gasteiger partial charge on any atom is -0.396 e. The van der Waals surface area contributed by atoms with Crippen molar-refractivity contribution < 1.29 is 5.11 Å². The van der Waals surface area contributed by atoms with E-state index in [0.29, 0.717) is 18.4 Å². The van der Waals surface area contributed by atoms with Gasteiger partial charge in [0.1, 0.15) is 0 Å². The molecule has 0 heterocycles. The average Bonchev–Trinajstić information content (AvgIpc) is 2.59. The lowest BCUT2D eigenvalue weighted by Gasteiger charge is -2.30. The van der Waals surface area contributed by atoms with Gasteiger partial charge in [0, 0.05) is 25.4 Å². The highest BCUT2D eigenvalue weighted by Gasteiger charge is 2.23. The molecule has 1 aliphatic carbocycles. The monoisotopic (exact) mass is 304 g/mol. The quantitative estimate of drug-likeness (QED) is 0.768. The smallest absolute Gasteiger partial charge is 0.0462 e. The average molecular weight is 304 g/mol. The molecule has 0 amide bonds. The van der Waals surface area contributed by atoms with Crippen molar-refractivity contribution in [1.29, 1.82) is 0 Å². The number of aliphatic hydroxyl groups is 1. The van der Waals surface area contributed by atoms with Gasteiger partial charge in [0.05, 0.1) is 0 Å². The maximum Gasteiger partial charge on any atom is 0.0462 e. The van der Waals surface area contributed by atoms with E-state index in [4.69, 9.17) is 0 Å². The molecule has 3 nitrogen and oxygen atoms in total. The Balaban J connectivity index is 1.83. The van der Waals surface area contributed by atoms with Crippen LogP contribution in [0.25, 0.3) is 0 Å². The number of aliphatic hydroxyl groups excluding tert-OH is 1. The summed E-state index contributed by atoms with van der Waals surface area (Å²) in [5.41, 5.74) is 2.57. The zero-order valence-electron chi connectivity index (χ0n) is 14.2. The fourth-order valence-corrected chi connectivity index (χ4v) is 3.48. The molecular formula is C19H32N2O. The molecule has 0 radical (unpaired) electrons. The van der Waals surface area contributed by atoms with E-state index < -0.39 is 0 Å². The predicted molar refractivity (Wildman–Crippen MR) is 94.1 cm³/mol. The fraction of sp³-hybridized carbons (Fsp3) is 0.684. The second kappa shape index (κ2) is 9.16. The van der Waals surface area contributed by atoms with Gasteiger partial charge < -0.3 is 10.4 Å². The zero-order chi connectivity index (χ0) is 15.8. The Morgan fingerprint density at radius 2 is 1.68 bits per heavy atom. The summed E-state index contributed by atoms with van der Waals surface area (Å²) in [5.74, 6) is 1.11. The number of nitrogens with one attached hydrogen (secondary N) is 1. The highest BCUT2D eigenvalue weighted by atomic mass is 16.3. The van der Waals surface area contributed by atoms with Gasteiger partial charge in [0.2, 0.25) is 0 Å². The van der Waals surface area contributed by atoms with Crippen molar-refractivity contribution in [2.24, 2.45) is 11.8 Å². The third kappa shape index (κ3) is 4.99. The summed E-state index contributed by atoms with van der Waals surface area (Å²) >= 11 is 0. The van der Waals surface area contributed by atoms with Crippen molar-refractivity contribution in [2.75, 3.05) is 31.6 Å². The van der Waals surface area contributed by atoms with E-state index in [-0.39, 0.29) is 0 Å². The van der Waals surface area contributed by atoms with Crippen LogP contribution in [0.2, 0.25) is 0 Å². The first-order valence-electron chi connectivity index (χ1n) is 8.92. The molecule has 124 valence electrons. The molecule has 0 spiro atoms. The van der Waals surface area contributed by atoms with E-state index in [1.54, 1.807) is 0 Å². The van der Waals surface area contributed by atoms with Crippen LogP contribution in [0.3, 0.4) is 0 Å². The number of hydrogen-bond donors (Lipinski definition) is 2. The van der Waals surface area contributed by atoms with Crippen molar-refractivity contribution in [1.82, 2.24) is 4.90 Å². The van der Waals surface area contributed by atoms with Gasteiger partial charge >= 0.3 is 0 Å². The van der Waals surface area contributed by atoms with Gasteiger partial charge in [-0.15, -0.1) is 0 Å². The lowest BCUT2D eigenvalue weighted by atomic mass is 9.79. The van der Waals surface area contributed by atoms with Crippen molar-refractivity contribution in [3.05, 3.63) is 29.8 Å². The molecule has 1 saturated carbocycles. The van der Waals surface area contributed by atoms with Crippen molar-refractivity contribution in [2.45, 2.75) is 46.1 Å². The molecule has 0 aliphatic heterocycles. The Hall–Kier alpha value is -1.06. The zero-order valence-corrected chi connectivity index (χ0v) is 14.2. The first kappa shape index (κ1) is 17.3. The molecular weight excluding hydrogens is 272 g/mol. The van der Waals surface area contributed by atoms with Crippen LogP contribution in [-0.2, 0) is 6.54 Å². The normalized spacial score (nSPS) is 22.0. The van der Waals surface area contributed by atoms with Crippen LogP contribution in [0.1, 0.15) is 45.1 Å². The standard InChI is InChI=1S/C19H32N2O/c1-3-21(4-2)14-16-9-11-19(12-10-16)20-13-17-7-5-6-8-18(17)15-22/h9-12,17-18,20,22H,3-8,13-15H2,1-2H3. The van der Waals surface area contributed by atoms with E-state index in [0.717, 1.165) is 26.2 Å². The van der Waals surface area contributed by atoms with Gasteiger partial charge in [0.25, 0.3) is 0 Å². The molecule has 1 aromatic rings.